The van der Waals surface area contributed by atoms with Crippen molar-refractivity contribution in [2.75, 3.05) is 5.32 Å². The minimum atomic E-state index is -0.769. The van der Waals surface area contributed by atoms with Crippen LogP contribution >= 0.6 is 11.6 Å². The maximum absolute atomic E-state index is 12.0. The number of rotatable bonds is 3. The molecule has 7 heteroatoms. The molecule has 2 heterocycles. The van der Waals surface area contributed by atoms with Crippen LogP contribution in [-0.4, -0.2) is 16.8 Å². The molecule has 0 saturated heterocycles. The molecule has 1 aromatic carbocycles. The smallest absolute Gasteiger partial charge is 0.313 e. The van der Waals surface area contributed by atoms with Crippen molar-refractivity contribution in [3.05, 3.63) is 59.6 Å². The summed E-state index contributed by atoms with van der Waals surface area (Å²) >= 11 is 5.94. The molecular weight excluding hydrogens is 330 g/mol. The molecule has 0 aliphatic heterocycles. The van der Waals surface area contributed by atoms with Gasteiger partial charge in [0.15, 0.2) is 0 Å². The average molecular weight is 344 g/mol. The van der Waals surface area contributed by atoms with E-state index >= 15 is 0 Å². The first-order chi connectivity index (χ1) is 11.5. The number of furan rings is 1. The van der Waals surface area contributed by atoms with E-state index in [0.717, 1.165) is 5.39 Å². The summed E-state index contributed by atoms with van der Waals surface area (Å²) in [4.78, 5) is 27.8. The van der Waals surface area contributed by atoms with Crippen LogP contribution < -0.4 is 10.6 Å². The highest BCUT2D eigenvalue weighted by Gasteiger charge is 2.19. The number of carbonyl (C=O) groups is 2. The fourth-order valence-corrected chi connectivity index (χ4v) is 2.39. The maximum atomic E-state index is 12.0. The number of halogens is 1. The summed E-state index contributed by atoms with van der Waals surface area (Å²) in [6, 6.07) is 9.87. The van der Waals surface area contributed by atoms with Gasteiger partial charge in [-0.2, -0.15) is 0 Å². The normalized spacial score (nSPS) is 11.9. The van der Waals surface area contributed by atoms with Gasteiger partial charge in [0.25, 0.3) is 0 Å². The van der Waals surface area contributed by atoms with Crippen LogP contribution in [0.15, 0.2) is 53.2 Å². The minimum absolute atomic E-state index is 0.448. The SMILES string of the molecule is C[C@@H](NC(=O)C(=O)Nc1cccnc1)c1cc2cc(Cl)ccc2o1. The Hall–Kier alpha value is -2.86. The van der Waals surface area contributed by atoms with E-state index in [4.69, 9.17) is 16.0 Å². The van der Waals surface area contributed by atoms with E-state index in [-0.39, 0.29) is 0 Å². The number of benzene rings is 1. The number of hydrogen-bond acceptors (Lipinski definition) is 4. The monoisotopic (exact) mass is 343 g/mol. The lowest BCUT2D eigenvalue weighted by atomic mass is 10.2. The number of anilines is 1. The van der Waals surface area contributed by atoms with Crippen LogP contribution in [0.25, 0.3) is 11.0 Å². The third kappa shape index (κ3) is 3.55. The standard InChI is InChI=1S/C17H14ClN3O3/c1-10(15-8-11-7-12(18)4-5-14(11)24-15)20-16(22)17(23)21-13-3-2-6-19-9-13/h2-10H,1H3,(H,20,22)(H,21,23)/t10-/m1/s1. The van der Waals surface area contributed by atoms with Crippen LogP contribution in [0, 0.1) is 0 Å². The second-order valence-electron chi connectivity index (χ2n) is 5.22. The summed E-state index contributed by atoms with van der Waals surface area (Å²) < 4.78 is 5.67. The summed E-state index contributed by atoms with van der Waals surface area (Å²) in [5.74, 6) is -0.992. The number of nitrogens with one attached hydrogen (secondary N) is 2. The summed E-state index contributed by atoms with van der Waals surface area (Å²) in [5, 5.41) is 6.50. The molecule has 24 heavy (non-hydrogen) atoms. The third-order valence-electron chi connectivity index (χ3n) is 3.40. The zero-order valence-corrected chi connectivity index (χ0v) is 13.5. The van der Waals surface area contributed by atoms with Gasteiger partial charge in [0.1, 0.15) is 11.3 Å². The van der Waals surface area contributed by atoms with Gasteiger partial charge in [0.2, 0.25) is 0 Å². The number of amides is 2. The van der Waals surface area contributed by atoms with Gasteiger partial charge < -0.3 is 15.1 Å². The van der Waals surface area contributed by atoms with Crippen LogP contribution in [-0.2, 0) is 9.59 Å². The molecule has 0 spiro atoms. The molecule has 6 nitrogen and oxygen atoms in total. The molecular formula is C17H14ClN3O3. The van der Waals surface area contributed by atoms with Crippen molar-refractivity contribution in [3.63, 3.8) is 0 Å². The molecule has 2 aromatic heterocycles. The van der Waals surface area contributed by atoms with Crippen molar-refractivity contribution < 1.29 is 14.0 Å². The quantitative estimate of drug-likeness (QED) is 0.715. The fraction of sp³-hybridized carbons (Fsp3) is 0.118. The van der Waals surface area contributed by atoms with Gasteiger partial charge in [-0.15, -0.1) is 0 Å². The number of fused-ring (bicyclic) bond motifs is 1. The first kappa shape index (κ1) is 16.0. The number of hydrogen-bond donors (Lipinski definition) is 2. The molecule has 3 rings (SSSR count). The van der Waals surface area contributed by atoms with Crippen molar-refractivity contribution >= 4 is 40.1 Å². The van der Waals surface area contributed by atoms with Crippen molar-refractivity contribution in [2.45, 2.75) is 13.0 Å². The zero-order chi connectivity index (χ0) is 17.1. The van der Waals surface area contributed by atoms with Gasteiger partial charge >= 0.3 is 11.8 Å². The molecule has 0 radical (unpaired) electrons. The number of carbonyl (C=O) groups excluding carboxylic acids is 2. The molecule has 0 bridgehead atoms. The molecule has 0 unspecified atom stereocenters. The number of pyridine rings is 1. The molecule has 122 valence electrons. The van der Waals surface area contributed by atoms with Crippen LogP contribution in [0.5, 0.6) is 0 Å². The van der Waals surface area contributed by atoms with Crippen LogP contribution in [0.3, 0.4) is 0 Å². The van der Waals surface area contributed by atoms with E-state index in [0.29, 0.717) is 22.1 Å². The Bertz CT molecular complexity index is 892. The van der Waals surface area contributed by atoms with Crippen molar-refractivity contribution in [1.29, 1.82) is 0 Å². The van der Waals surface area contributed by atoms with Crippen LogP contribution in [0.4, 0.5) is 5.69 Å². The first-order valence-corrected chi connectivity index (χ1v) is 7.61. The molecule has 3 aromatic rings. The number of nitrogens with zero attached hydrogens (tertiary/aromatic N) is 1. The minimum Gasteiger partial charge on any atom is -0.459 e. The second kappa shape index (κ2) is 6.72. The molecule has 2 N–H and O–H groups in total. The van der Waals surface area contributed by atoms with Gasteiger partial charge in [-0.05, 0) is 43.3 Å². The Morgan fingerprint density at radius 3 is 2.79 bits per heavy atom. The van der Waals surface area contributed by atoms with Crippen molar-refractivity contribution in [2.24, 2.45) is 0 Å². The van der Waals surface area contributed by atoms with Gasteiger partial charge in [0.05, 0.1) is 17.9 Å². The molecule has 2 amide bonds. The third-order valence-corrected chi connectivity index (χ3v) is 3.63. The van der Waals surface area contributed by atoms with Gasteiger partial charge in [-0.3, -0.25) is 14.6 Å². The van der Waals surface area contributed by atoms with E-state index in [1.165, 1.54) is 6.20 Å². The van der Waals surface area contributed by atoms with Crippen LogP contribution in [0.1, 0.15) is 18.7 Å². The predicted octanol–water partition coefficient (Wildman–Crippen LogP) is 3.30. The average Bonchev–Trinajstić information content (AvgIpc) is 2.99. The molecule has 1 atom stereocenters. The highest BCUT2D eigenvalue weighted by atomic mass is 35.5. The highest BCUT2D eigenvalue weighted by Crippen LogP contribution is 2.26. The summed E-state index contributed by atoms with van der Waals surface area (Å²) in [7, 11) is 0. The van der Waals surface area contributed by atoms with E-state index in [2.05, 4.69) is 15.6 Å². The van der Waals surface area contributed by atoms with Gasteiger partial charge in [-0.1, -0.05) is 11.6 Å². The van der Waals surface area contributed by atoms with Gasteiger partial charge in [-0.25, -0.2) is 0 Å². The lowest BCUT2D eigenvalue weighted by Crippen LogP contribution is -2.36. The lowest BCUT2D eigenvalue weighted by molar-refractivity contribution is -0.136. The topological polar surface area (TPSA) is 84.2 Å². The molecule has 0 aliphatic rings. The summed E-state index contributed by atoms with van der Waals surface area (Å²) in [6.07, 6.45) is 3.03. The number of aromatic nitrogens is 1. The fourth-order valence-electron chi connectivity index (χ4n) is 2.21. The van der Waals surface area contributed by atoms with Crippen molar-refractivity contribution in [1.82, 2.24) is 10.3 Å². The van der Waals surface area contributed by atoms with Crippen LogP contribution in [0.2, 0.25) is 5.02 Å². The summed E-state index contributed by atoms with van der Waals surface area (Å²) in [5.41, 5.74) is 1.11. The van der Waals surface area contributed by atoms with E-state index in [1.807, 2.05) is 0 Å². The van der Waals surface area contributed by atoms with Gasteiger partial charge in [0, 0.05) is 16.6 Å². The Labute approximate surface area is 142 Å². The zero-order valence-electron chi connectivity index (χ0n) is 12.7. The lowest BCUT2D eigenvalue weighted by Gasteiger charge is -2.11. The van der Waals surface area contributed by atoms with E-state index in [9.17, 15) is 9.59 Å². The maximum Gasteiger partial charge on any atom is 0.313 e. The first-order valence-electron chi connectivity index (χ1n) is 7.24. The van der Waals surface area contributed by atoms with E-state index in [1.54, 1.807) is 49.5 Å². The Balaban J connectivity index is 1.67. The summed E-state index contributed by atoms with van der Waals surface area (Å²) in [6.45, 7) is 1.73. The molecule has 0 aliphatic carbocycles. The molecule has 0 fully saturated rings. The van der Waals surface area contributed by atoms with Crippen molar-refractivity contribution in [3.8, 4) is 0 Å². The highest BCUT2D eigenvalue weighted by molar-refractivity contribution is 6.39. The Morgan fingerprint density at radius 1 is 1.21 bits per heavy atom. The predicted molar refractivity (Wildman–Crippen MR) is 90.6 cm³/mol. The Kier molecular flexibility index (Phi) is 4.48. The Morgan fingerprint density at radius 2 is 2.04 bits per heavy atom. The largest absolute Gasteiger partial charge is 0.459 e. The van der Waals surface area contributed by atoms with E-state index < -0.39 is 17.9 Å². The molecule has 0 saturated carbocycles. The second-order valence-corrected chi connectivity index (χ2v) is 5.66.